The average Bonchev–Trinajstić information content (AvgIpc) is 2.27. The van der Waals surface area contributed by atoms with Crippen LogP contribution in [-0.4, -0.2) is 24.3 Å². The van der Waals surface area contributed by atoms with Crippen LogP contribution in [0.15, 0.2) is 18.2 Å². The van der Waals surface area contributed by atoms with E-state index in [0.29, 0.717) is 5.69 Å². The lowest BCUT2D eigenvalue weighted by Gasteiger charge is -2.36. The Morgan fingerprint density at radius 1 is 1.50 bits per heavy atom. The summed E-state index contributed by atoms with van der Waals surface area (Å²) in [6.45, 7) is 3.56. The third-order valence-corrected chi connectivity index (χ3v) is 2.76. The second kappa shape index (κ2) is 4.50. The lowest BCUT2D eigenvalue weighted by molar-refractivity contribution is 0.216. The maximum absolute atomic E-state index is 13.4. The van der Waals surface area contributed by atoms with Crippen LogP contribution >= 0.6 is 0 Å². The predicted octanol–water partition coefficient (Wildman–Crippen LogP) is 1.90. The number of halogens is 1. The molecule has 0 saturated carbocycles. The molecular weight excluding hydrogens is 207 g/mol. The number of aliphatic hydroxyl groups excluding tert-OH is 1. The molecular formula is C12H15FN2O. The highest BCUT2D eigenvalue weighted by atomic mass is 19.1. The lowest BCUT2D eigenvalue weighted by atomic mass is 10.0. The molecule has 0 aliphatic rings. The molecule has 16 heavy (non-hydrogen) atoms. The zero-order valence-corrected chi connectivity index (χ0v) is 9.66. The van der Waals surface area contributed by atoms with Gasteiger partial charge in [0.1, 0.15) is 17.4 Å². The number of likely N-dealkylation sites (N-methyl/N-ethyl adjacent to an activating group) is 1. The van der Waals surface area contributed by atoms with Gasteiger partial charge >= 0.3 is 0 Å². The minimum absolute atomic E-state index is 0.00604. The van der Waals surface area contributed by atoms with Crippen LogP contribution in [0, 0.1) is 17.1 Å². The fourth-order valence-corrected chi connectivity index (χ4v) is 1.34. The normalized spacial score (nSPS) is 11.0. The summed E-state index contributed by atoms with van der Waals surface area (Å²) < 4.78 is 13.4. The number of benzene rings is 1. The van der Waals surface area contributed by atoms with Crippen molar-refractivity contribution in [3.05, 3.63) is 29.6 Å². The van der Waals surface area contributed by atoms with E-state index in [4.69, 9.17) is 5.26 Å². The first kappa shape index (κ1) is 12.5. The summed E-state index contributed by atoms with van der Waals surface area (Å²) in [5.41, 5.74) is -0.0487. The van der Waals surface area contributed by atoms with E-state index >= 15 is 0 Å². The van der Waals surface area contributed by atoms with Crippen molar-refractivity contribution in [1.29, 1.82) is 5.26 Å². The number of nitriles is 1. The Bertz CT molecular complexity index is 424. The van der Waals surface area contributed by atoms with Gasteiger partial charge in [-0.1, -0.05) is 6.07 Å². The Balaban J connectivity index is 3.25. The van der Waals surface area contributed by atoms with Gasteiger partial charge in [0.25, 0.3) is 0 Å². The summed E-state index contributed by atoms with van der Waals surface area (Å²) in [5, 5.41) is 18.1. The average molecular weight is 222 g/mol. The van der Waals surface area contributed by atoms with Crippen molar-refractivity contribution in [1.82, 2.24) is 0 Å². The fraction of sp³-hybridized carbons (Fsp3) is 0.417. The molecule has 0 heterocycles. The molecule has 0 aliphatic carbocycles. The molecule has 86 valence electrons. The molecule has 0 saturated heterocycles. The number of nitrogens with zero attached hydrogens (tertiary/aromatic N) is 2. The molecule has 0 atom stereocenters. The molecule has 0 fully saturated rings. The van der Waals surface area contributed by atoms with Crippen molar-refractivity contribution >= 4 is 5.69 Å². The Labute approximate surface area is 94.7 Å². The quantitative estimate of drug-likeness (QED) is 0.849. The molecule has 1 N–H and O–H groups in total. The molecule has 4 heteroatoms. The molecule has 1 aromatic carbocycles. The van der Waals surface area contributed by atoms with E-state index < -0.39 is 11.4 Å². The Morgan fingerprint density at radius 3 is 2.62 bits per heavy atom. The van der Waals surface area contributed by atoms with Crippen LogP contribution in [0.2, 0.25) is 0 Å². The van der Waals surface area contributed by atoms with Crippen molar-refractivity contribution in [2.75, 3.05) is 18.6 Å². The van der Waals surface area contributed by atoms with E-state index in [2.05, 4.69) is 0 Å². The van der Waals surface area contributed by atoms with Gasteiger partial charge in [0, 0.05) is 7.05 Å². The Kier molecular flexibility index (Phi) is 3.51. The SMILES string of the molecule is CN(c1cccc(F)c1C#N)C(C)(C)CO. The molecule has 0 aliphatic heterocycles. The molecule has 0 amide bonds. The van der Waals surface area contributed by atoms with Crippen LogP contribution in [0.1, 0.15) is 19.4 Å². The van der Waals surface area contributed by atoms with E-state index in [9.17, 15) is 9.50 Å². The first-order valence-corrected chi connectivity index (χ1v) is 4.97. The van der Waals surface area contributed by atoms with E-state index in [1.165, 1.54) is 6.07 Å². The standard InChI is InChI=1S/C12H15FN2O/c1-12(2,8-16)15(3)11-6-4-5-10(13)9(11)7-14/h4-6,16H,8H2,1-3H3. The number of anilines is 1. The van der Waals surface area contributed by atoms with E-state index in [1.807, 2.05) is 19.9 Å². The van der Waals surface area contributed by atoms with Gasteiger partial charge in [-0.05, 0) is 26.0 Å². The summed E-state index contributed by atoms with van der Waals surface area (Å²) >= 11 is 0. The van der Waals surface area contributed by atoms with Crippen molar-refractivity contribution in [2.45, 2.75) is 19.4 Å². The highest BCUT2D eigenvalue weighted by Crippen LogP contribution is 2.26. The molecule has 0 aromatic heterocycles. The van der Waals surface area contributed by atoms with Crippen LogP contribution in [-0.2, 0) is 0 Å². The van der Waals surface area contributed by atoms with E-state index in [0.717, 1.165) is 0 Å². The van der Waals surface area contributed by atoms with Crippen LogP contribution in [0.25, 0.3) is 0 Å². The molecule has 3 nitrogen and oxygen atoms in total. The zero-order chi connectivity index (χ0) is 12.3. The molecule has 1 rings (SSSR count). The third-order valence-electron chi connectivity index (χ3n) is 2.76. The van der Waals surface area contributed by atoms with Crippen LogP contribution in [0.3, 0.4) is 0 Å². The minimum atomic E-state index is -0.542. The van der Waals surface area contributed by atoms with Gasteiger partial charge in [-0.2, -0.15) is 5.26 Å². The second-order valence-electron chi connectivity index (χ2n) is 4.28. The molecule has 0 spiro atoms. The summed E-state index contributed by atoms with van der Waals surface area (Å²) in [4.78, 5) is 1.70. The highest BCUT2D eigenvalue weighted by molar-refractivity contribution is 5.60. The smallest absolute Gasteiger partial charge is 0.143 e. The second-order valence-corrected chi connectivity index (χ2v) is 4.28. The van der Waals surface area contributed by atoms with Gasteiger partial charge in [0.05, 0.1) is 17.8 Å². The number of rotatable bonds is 3. The van der Waals surface area contributed by atoms with Crippen molar-refractivity contribution in [2.24, 2.45) is 0 Å². The maximum Gasteiger partial charge on any atom is 0.143 e. The topological polar surface area (TPSA) is 47.3 Å². The van der Waals surface area contributed by atoms with Crippen LogP contribution in [0.4, 0.5) is 10.1 Å². The number of hydrogen-bond donors (Lipinski definition) is 1. The summed E-state index contributed by atoms with van der Waals surface area (Å²) in [6.07, 6.45) is 0. The molecule has 0 radical (unpaired) electrons. The largest absolute Gasteiger partial charge is 0.394 e. The maximum atomic E-state index is 13.4. The predicted molar refractivity (Wildman–Crippen MR) is 60.7 cm³/mol. The van der Waals surface area contributed by atoms with Gasteiger partial charge in [-0.3, -0.25) is 0 Å². The molecule has 1 aromatic rings. The Hall–Kier alpha value is -1.60. The molecule has 0 bridgehead atoms. The zero-order valence-electron chi connectivity index (χ0n) is 9.66. The lowest BCUT2D eigenvalue weighted by Crippen LogP contribution is -2.44. The third kappa shape index (κ3) is 2.15. The van der Waals surface area contributed by atoms with E-state index in [-0.39, 0.29) is 12.2 Å². The monoisotopic (exact) mass is 222 g/mol. The minimum Gasteiger partial charge on any atom is -0.394 e. The van der Waals surface area contributed by atoms with Gasteiger partial charge in [0.2, 0.25) is 0 Å². The van der Waals surface area contributed by atoms with Crippen molar-refractivity contribution in [3.63, 3.8) is 0 Å². The van der Waals surface area contributed by atoms with Crippen molar-refractivity contribution in [3.8, 4) is 6.07 Å². The highest BCUT2D eigenvalue weighted by Gasteiger charge is 2.25. The first-order valence-electron chi connectivity index (χ1n) is 4.97. The van der Waals surface area contributed by atoms with Crippen molar-refractivity contribution < 1.29 is 9.50 Å². The summed E-state index contributed by atoms with van der Waals surface area (Å²) in [6, 6.07) is 6.31. The number of hydrogen-bond acceptors (Lipinski definition) is 3. The van der Waals surface area contributed by atoms with E-state index in [1.54, 1.807) is 24.1 Å². The summed E-state index contributed by atoms with van der Waals surface area (Å²) in [5.74, 6) is -0.541. The van der Waals surface area contributed by atoms with Gasteiger partial charge in [-0.25, -0.2) is 4.39 Å². The van der Waals surface area contributed by atoms with Gasteiger partial charge in [0.15, 0.2) is 0 Å². The summed E-state index contributed by atoms with van der Waals surface area (Å²) in [7, 11) is 1.73. The van der Waals surface area contributed by atoms with Crippen LogP contribution in [0.5, 0.6) is 0 Å². The van der Waals surface area contributed by atoms with Crippen LogP contribution < -0.4 is 4.90 Å². The van der Waals surface area contributed by atoms with Gasteiger partial charge in [-0.15, -0.1) is 0 Å². The Morgan fingerprint density at radius 2 is 2.12 bits per heavy atom. The number of aliphatic hydroxyl groups is 1. The van der Waals surface area contributed by atoms with Gasteiger partial charge < -0.3 is 10.0 Å². The first-order chi connectivity index (χ1) is 7.44. The molecule has 0 unspecified atom stereocenters. The fourth-order valence-electron chi connectivity index (χ4n) is 1.34.